The first-order valence-electron chi connectivity index (χ1n) is 8.43. The molecule has 2 aromatic rings. The summed E-state index contributed by atoms with van der Waals surface area (Å²) in [5.41, 5.74) is 3.30. The van der Waals surface area contributed by atoms with Gasteiger partial charge in [-0.15, -0.1) is 0 Å². The molecule has 1 atom stereocenters. The molecule has 5 nitrogen and oxygen atoms in total. The summed E-state index contributed by atoms with van der Waals surface area (Å²) in [5, 5.41) is 3.17. The van der Waals surface area contributed by atoms with Gasteiger partial charge >= 0.3 is 0 Å². The monoisotopic (exact) mass is 338 g/mol. The number of nitrogens with zero attached hydrogens (tertiary/aromatic N) is 1. The van der Waals surface area contributed by atoms with Crippen molar-refractivity contribution < 1.29 is 14.3 Å². The number of hydrogen-bond acceptors (Lipinski definition) is 4. The van der Waals surface area contributed by atoms with Crippen LogP contribution in [0.3, 0.4) is 0 Å². The van der Waals surface area contributed by atoms with Crippen LogP contribution in [0.2, 0.25) is 0 Å². The summed E-state index contributed by atoms with van der Waals surface area (Å²) in [5.74, 6) is 0.255. The van der Waals surface area contributed by atoms with Gasteiger partial charge < -0.3 is 10.1 Å². The molecule has 1 aliphatic rings. The summed E-state index contributed by atoms with van der Waals surface area (Å²) in [6, 6.07) is 12.6. The third kappa shape index (κ3) is 3.36. The van der Waals surface area contributed by atoms with Crippen LogP contribution in [0, 0.1) is 13.8 Å². The van der Waals surface area contributed by atoms with Crippen molar-refractivity contribution in [1.82, 2.24) is 0 Å². The zero-order valence-electron chi connectivity index (χ0n) is 14.7. The van der Waals surface area contributed by atoms with Gasteiger partial charge in [-0.1, -0.05) is 24.3 Å². The minimum absolute atomic E-state index is 0.132. The van der Waals surface area contributed by atoms with E-state index >= 15 is 0 Å². The molecule has 1 heterocycles. The molecule has 1 aliphatic heterocycles. The van der Waals surface area contributed by atoms with E-state index in [0.29, 0.717) is 18.0 Å². The number of amides is 2. The van der Waals surface area contributed by atoms with Crippen LogP contribution >= 0.6 is 0 Å². The van der Waals surface area contributed by atoms with E-state index in [1.807, 2.05) is 63.2 Å². The van der Waals surface area contributed by atoms with Crippen molar-refractivity contribution >= 4 is 23.2 Å². The van der Waals surface area contributed by atoms with Crippen molar-refractivity contribution in [1.29, 1.82) is 0 Å². The molecule has 2 amide bonds. The van der Waals surface area contributed by atoms with Gasteiger partial charge in [-0.3, -0.25) is 9.59 Å². The molecule has 0 bridgehead atoms. The molecular weight excluding hydrogens is 316 g/mol. The summed E-state index contributed by atoms with van der Waals surface area (Å²) in [6.45, 7) is 6.29. The van der Waals surface area contributed by atoms with Crippen molar-refractivity contribution in [3.63, 3.8) is 0 Å². The molecule has 3 rings (SSSR count). The van der Waals surface area contributed by atoms with Gasteiger partial charge in [0, 0.05) is 0 Å². The van der Waals surface area contributed by atoms with E-state index in [-0.39, 0.29) is 18.2 Å². The standard InChI is InChI=1S/C20H22N2O3/c1-4-25-18-8-6-5-7-15(18)21-16-12-19(23)22(20(16)24)17-11-13(2)9-10-14(17)3/h5-11,16,21H,4,12H2,1-3H3/t16-/m0/s1. The topological polar surface area (TPSA) is 58.6 Å². The molecule has 1 fully saturated rings. The molecular formula is C20H22N2O3. The lowest BCUT2D eigenvalue weighted by Gasteiger charge is -2.19. The highest BCUT2D eigenvalue weighted by atomic mass is 16.5. The molecule has 0 radical (unpaired) electrons. The van der Waals surface area contributed by atoms with E-state index in [4.69, 9.17) is 4.74 Å². The number of carbonyl (C=O) groups is 2. The maximum Gasteiger partial charge on any atom is 0.256 e. The minimum Gasteiger partial charge on any atom is -0.492 e. The van der Waals surface area contributed by atoms with Crippen molar-refractivity contribution in [2.75, 3.05) is 16.8 Å². The van der Waals surface area contributed by atoms with Gasteiger partial charge in [0.1, 0.15) is 11.8 Å². The summed E-state index contributed by atoms with van der Waals surface area (Å²) >= 11 is 0. The fourth-order valence-electron chi connectivity index (χ4n) is 3.01. The van der Waals surface area contributed by atoms with Gasteiger partial charge in [0.25, 0.3) is 5.91 Å². The van der Waals surface area contributed by atoms with Gasteiger partial charge in [-0.2, -0.15) is 0 Å². The zero-order chi connectivity index (χ0) is 18.0. The fraction of sp³-hybridized carbons (Fsp3) is 0.300. The molecule has 0 spiro atoms. The normalized spacial score (nSPS) is 17.1. The second-order valence-corrected chi connectivity index (χ2v) is 6.19. The number of carbonyl (C=O) groups excluding carboxylic acids is 2. The van der Waals surface area contributed by atoms with E-state index in [9.17, 15) is 9.59 Å². The number of anilines is 2. The Morgan fingerprint density at radius 1 is 1.16 bits per heavy atom. The number of imide groups is 1. The largest absolute Gasteiger partial charge is 0.492 e. The Hall–Kier alpha value is -2.82. The van der Waals surface area contributed by atoms with E-state index in [2.05, 4.69) is 5.32 Å². The molecule has 1 N–H and O–H groups in total. The van der Waals surface area contributed by atoms with Gasteiger partial charge in [-0.25, -0.2) is 4.90 Å². The van der Waals surface area contributed by atoms with Crippen molar-refractivity contribution in [2.24, 2.45) is 0 Å². The number of hydrogen-bond donors (Lipinski definition) is 1. The van der Waals surface area contributed by atoms with Gasteiger partial charge in [0.05, 0.1) is 24.4 Å². The first kappa shape index (κ1) is 17.0. The SMILES string of the molecule is CCOc1ccccc1N[C@H]1CC(=O)N(c2cc(C)ccc2C)C1=O. The zero-order valence-corrected chi connectivity index (χ0v) is 14.7. The molecule has 2 aromatic carbocycles. The minimum atomic E-state index is -0.589. The quantitative estimate of drug-likeness (QED) is 0.849. The second kappa shape index (κ2) is 6.97. The third-order valence-electron chi connectivity index (χ3n) is 4.27. The lowest BCUT2D eigenvalue weighted by Crippen LogP contribution is -2.35. The Morgan fingerprint density at radius 3 is 2.68 bits per heavy atom. The lowest BCUT2D eigenvalue weighted by molar-refractivity contribution is -0.121. The highest BCUT2D eigenvalue weighted by Gasteiger charge is 2.40. The predicted octanol–water partition coefficient (Wildman–Crippen LogP) is 3.45. The van der Waals surface area contributed by atoms with Crippen LogP contribution in [0.25, 0.3) is 0 Å². The molecule has 5 heteroatoms. The number of aryl methyl sites for hydroxylation is 2. The first-order valence-corrected chi connectivity index (χ1v) is 8.43. The van der Waals surface area contributed by atoms with Crippen LogP contribution < -0.4 is 15.0 Å². The van der Waals surface area contributed by atoms with Gasteiger partial charge in [0.2, 0.25) is 5.91 Å². The Balaban J connectivity index is 1.86. The molecule has 0 aromatic heterocycles. The molecule has 0 aliphatic carbocycles. The Bertz CT molecular complexity index is 816. The molecule has 25 heavy (non-hydrogen) atoms. The van der Waals surface area contributed by atoms with Crippen LogP contribution in [0.15, 0.2) is 42.5 Å². The van der Waals surface area contributed by atoms with E-state index in [0.717, 1.165) is 16.8 Å². The summed E-state index contributed by atoms with van der Waals surface area (Å²) in [6.07, 6.45) is 0.132. The van der Waals surface area contributed by atoms with Crippen molar-refractivity contribution in [3.05, 3.63) is 53.6 Å². The maximum absolute atomic E-state index is 12.9. The smallest absolute Gasteiger partial charge is 0.256 e. The fourth-order valence-corrected chi connectivity index (χ4v) is 3.01. The van der Waals surface area contributed by atoms with Crippen LogP contribution in [-0.2, 0) is 9.59 Å². The number of nitrogens with one attached hydrogen (secondary N) is 1. The van der Waals surface area contributed by atoms with Crippen molar-refractivity contribution in [3.8, 4) is 5.75 Å². The maximum atomic E-state index is 12.9. The number of para-hydroxylation sites is 2. The van der Waals surface area contributed by atoms with E-state index < -0.39 is 6.04 Å². The van der Waals surface area contributed by atoms with E-state index in [1.54, 1.807) is 0 Å². The van der Waals surface area contributed by atoms with Crippen LogP contribution in [-0.4, -0.2) is 24.5 Å². The molecule has 0 unspecified atom stereocenters. The van der Waals surface area contributed by atoms with Crippen LogP contribution in [0.4, 0.5) is 11.4 Å². The summed E-state index contributed by atoms with van der Waals surface area (Å²) in [7, 11) is 0. The number of benzene rings is 2. The first-order chi connectivity index (χ1) is 12.0. The highest BCUT2D eigenvalue weighted by molar-refractivity contribution is 6.23. The Morgan fingerprint density at radius 2 is 1.92 bits per heavy atom. The highest BCUT2D eigenvalue weighted by Crippen LogP contribution is 2.31. The van der Waals surface area contributed by atoms with Crippen LogP contribution in [0.5, 0.6) is 5.75 Å². The van der Waals surface area contributed by atoms with E-state index in [1.165, 1.54) is 4.90 Å². The Labute approximate surface area is 147 Å². The van der Waals surface area contributed by atoms with Crippen LogP contribution in [0.1, 0.15) is 24.5 Å². The predicted molar refractivity (Wildman–Crippen MR) is 98.0 cm³/mol. The average Bonchev–Trinajstić information content (AvgIpc) is 2.86. The lowest BCUT2D eigenvalue weighted by atomic mass is 10.1. The second-order valence-electron chi connectivity index (χ2n) is 6.19. The van der Waals surface area contributed by atoms with Gasteiger partial charge in [0.15, 0.2) is 0 Å². The summed E-state index contributed by atoms with van der Waals surface area (Å²) in [4.78, 5) is 26.6. The Kier molecular flexibility index (Phi) is 4.74. The van der Waals surface area contributed by atoms with Gasteiger partial charge in [-0.05, 0) is 50.1 Å². The number of rotatable bonds is 5. The molecule has 130 valence electrons. The molecule has 0 saturated carbocycles. The third-order valence-corrected chi connectivity index (χ3v) is 4.27. The summed E-state index contributed by atoms with van der Waals surface area (Å²) < 4.78 is 5.58. The van der Waals surface area contributed by atoms with Crippen molar-refractivity contribution in [2.45, 2.75) is 33.2 Å². The average molecular weight is 338 g/mol. The molecule has 1 saturated heterocycles. The number of ether oxygens (including phenoxy) is 1.